The summed E-state index contributed by atoms with van der Waals surface area (Å²) in [7, 11) is 0. The van der Waals surface area contributed by atoms with Crippen molar-refractivity contribution >= 4 is 5.96 Å². The van der Waals surface area contributed by atoms with E-state index in [1.165, 1.54) is 19.4 Å². The molecule has 0 aromatic rings. The van der Waals surface area contributed by atoms with Crippen molar-refractivity contribution in [3.05, 3.63) is 0 Å². The fraction of sp³-hybridized carbons (Fsp3) is 0.929. The molecule has 0 saturated carbocycles. The van der Waals surface area contributed by atoms with Crippen LogP contribution in [0.25, 0.3) is 0 Å². The Morgan fingerprint density at radius 1 is 1.47 bits per heavy atom. The van der Waals surface area contributed by atoms with Crippen molar-refractivity contribution in [3.8, 4) is 0 Å². The van der Waals surface area contributed by atoms with Crippen molar-refractivity contribution < 1.29 is 4.74 Å². The minimum absolute atomic E-state index is 0.247. The second-order valence-electron chi connectivity index (χ2n) is 5.76. The minimum Gasteiger partial charge on any atom is -0.373 e. The van der Waals surface area contributed by atoms with Crippen LogP contribution in [0.1, 0.15) is 33.6 Å². The Bertz CT molecular complexity index is 306. The zero-order chi connectivity index (χ0) is 13.7. The highest BCUT2D eigenvalue weighted by Crippen LogP contribution is 2.22. The smallest absolute Gasteiger partial charge is 0.191 e. The highest BCUT2D eigenvalue weighted by molar-refractivity contribution is 5.79. The number of hydrogen-bond acceptors (Lipinski definition) is 3. The first-order valence-electron chi connectivity index (χ1n) is 7.59. The van der Waals surface area contributed by atoms with E-state index in [9.17, 15) is 0 Å². The predicted molar refractivity (Wildman–Crippen MR) is 78.6 cm³/mol. The molecule has 5 nitrogen and oxygen atoms in total. The second-order valence-corrected chi connectivity index (χ2v) is 5.76. The molecular formula is C14H28N4O. The molecular weight excluding hydrogens is 240 g/mol. The molecule has 0 aromatic heterocycles. The van der Waals surface area contributed by atoms with Gasteiger partial charge in [-0.15, -0.1) is 0 Å². The molecule has 0 aliphatic carbocycles. The van der Waals surface area contributed by atoms with E-state index in [0.29, 0.717) is 12.1 Å². The van der Waals surface area contributed by atoms with Crippen LogP contribution in [0.15, 0.2) is 4.99 Å². The van der Waals surface area contributed by atoms with Gasteiger partial charge in [0.2, 0.25) is 0 Å². The lowest BCUT2D eigenvalue weighted by Gasteiger charge is -2.34. The number of guanidine groups is 1. The van der Waals surface area contributed by atoms with Gasteiger partial charge in [-0.05, 0) is 40.2 Å². The van der Waals surface area contributed by atoms with Gasteiger partial charge in [0.25, 0.3) is 0 Å². The monoisotopic (exact) mass is 268 g/mol. The Hall–Kier alpha value is -0.810. The molecule has 19 heavy (non-hydrogen) atoms. The quantitative estimate of drug-likeness (QED) is 0.585. The van der Waals surface area contributed by atoms with Crippen LogP contribution in [0.2, 0.25) is 0 Å². The van der Waals surface area contributed by atoms with E-state index in [-0.39, 0.29) is 6.10 Å². The third-order valence-corrected chi connectivity index (χ3v) is 3.68. The van der Waals surface area contributed by atoms with Crippen molar-refractivity contribution in [2.24, 2.45) is 4.99 Å². The summed E-state index contributed by atoms with van der Waals surface area (Å²) in [5, 5.41) is 6.61. The van der Waals surface area contributed by atoms with E-state index >= 15 is 0 Å². The van der Waals surface area contributed by atoms with Crippen LogP contribution < -0.4 is 10.6 Å². The number of nitrogens with one attached hydrogen (secondary N) is 2. The third-order valence-electron chi connectivity index (χ3n) is 3.68. The molecule has 2 unspecified atom stereocenters. The summed E-state index contributed by atoms with van der Waals surface area (Å²) in [4.78, 5) is 7.20. The largest absolute Gasteiger partial charge is 0.373 e. The Labute approximate surface area is 116 Å². The molecule has 0 bridgehead atoms. The third kappa shape index (κ3) is 4.35. The van der Waals surface area contributed by atoms with Crippen LogP contribution in [-0.4, -0.2) is 61.8 Å². The zero-order valence-electron chi connectivity index (χ0n) is 12.5. The van der Waals surface area contributed by atoms with E-state index in [1.54, 1.807) is 0 Å². The molecule has 0 amide bonds. The molecule has 2 fully saturated rings. The molecule has 2 N–H and O–H groups in total. The number of ether oxygens (including phenoxy) is 1. The number of aliphatic imine (C=N–C) groups is 1. The molecule has 0 spiro atoms. The van der Waals surface area contributed by atoms with Gasteiger partial charge in [-0.25, -0.2) is 0 Å². The van der Waals surface area contributed by atoms with Crippen molar-refractivity contribution in [1.82, 2.24) is 15.5 Å². The molecule has 0 aromatic carbocycles. The Kier molecular flexibility index (Phi) is 5.45. The highest BCUT2D eigenvalue weighted by atomic mass is 16.5. The van der Waals surface area contributed by atoms with E-state index in [1.807, 2.05) is 0 Å². The number of rotatable bonds is 4. The van der Waals surface area contributed by atoms with E-state index in [0.717, 1.165) is 32.2 Å². The first kappa shape index (κ1) is 14.6. The SMILES string of the molecule is CCNC(=NCC1CN2CCCC2CO1)NC(C)C. The van der Waals surface area contributed by atoms with Gasteiger partial charge in [-0.2, -0.15) is 0 Å². The average Bonchev–Trinajstić information content (AvgIpc) is 2.83. The number of nitrogens with zero attached hydrogens (tertiary/aromatic N) is 2. The van der Waals surface area contributed by atoms with Crippen LogP contribution in [0, 0.1) is 0 Å². The lowest BCUT2D eigenvalue weighted by atomic mass is 10.2. The van der Waals surface area contributed by atoms with Gasteiger partial charge in [0.15, 0.2) is 5.96 Å². The fourth-order valence-corrected chi connectivity index (χ4v) is 2.78. The second kappa shape index (κ2) is 7.10. The number of morpholine rings is 1. The summed E-state index contributed by atoms with van der Waals surface area (Å²) in [5.74, 6) is 0.893. The van der Waals surface area contributed by atoms with Crippen molar-refractivity contribution in [3.63, 3.8) is 0 Å². The Balaban J connectivity index is 1.81. The highest BCUT2D eigenvalue weighted by Gasteiger charge is 2.31. The molecule has 2 aliphatic heterocycles. The lowest BCUT2D eigenvalue weighted by Crippen LogP contribution is -2.48. The summed E-state index contributed by atoms with van der Waals surface area (Å²) < 4.78 is 5.92. The maximum absolute atomic E-state index is 5.92. The zero-order valence-corrected chi connectivity index (χ0v) is 12.5. The van der Waals surface area contributed by atoms with Gasteiger partial charge >= 0.3 is 0 Å². The van der Waals surface area contributed by atoms with Crippen molar-refractivity contribution in [2.45, 2.75) is 51.8 Å². The van der Waals surface area contributed by atoms with Crippen LogP contribution in [0.3, 0.4) is 0 Å². The molecule has 2 aliphatic rings. The van der Waals surface area contributed by atoms with Crippen LogP contribution in [0.5, 0.6) is 0 Å². The lowest BCUT2D eigenvalue weighted by molar-refractivity contribution is -0.0432. The Morgan fingerprint density at radius 2 is 2.32 bits per heavy atom. The van der Waals surface area contributed by atoms with Gasteiger partial charge < -0.3 is 15.4 Å². The van der Waals surface area contributed by atoms with Crippen molar-refractivity contribution in [1.29, 1.82) is 0 Å². The number of hydrogen-bond donors (Lipinski definition) is 2. The standard InChI is InChI=1S/C14H28N4O/c1-4-15-14(17-11(2)3)16-8-13-9-18-7-5-6-12(18)10-19-13/h11-13H,4-10H2,1-3H3,(H2,15,16,17). The van der Waals surface area contributed by atoms with Gasteiger partial charge in [-0.1, -0.05) is 0 Å². The molecule has 2 rings (SSSR count). The predicted octanol–water partition coefficient (Wildman–Crippen LogP) is 0.813. The molecule has 5 heteroatoms. The van der Waals surface area contributed by atoms with Crippen molar-refractivity contribution in [2.75, 3.05) is 32.8 Å². The van der Waals surface area contributed by atoms with Gasteiger partial charge in [0.05, 0.1) is 19.3 Å². The average molecular weight is 268 g/mol. The first-order chi connectivity index (χ1) is 9.19. The molecule has 110 valence electrons. The maximum Gasteiger partial charge on any atom is 0.191 e. The minimum atomic E-state index is 0.247. The number of fused-ring (bicyclic) bond motifs is 1. The van der Waals surface area contributed by atoms with E-state index in [4.69, 9.17) is 4.74 Å². The van der Waals surface area contributed by atoms with Gasteiger partial charge in [0, 0.05) is 25.2 Å². The fourth-order valence-electron chi connectivity index (χ4n) is 2.78. The van der Waals surface area contributed by atoms with Crippen LogP contribution in [-0.2, 0) is 4.74 Å². The van der Waals surface area contributed by atoms with Crippen LogP contribution in [0.4, 0.5) is 0 Å². The van der Waals surface area contributed by atoms with E-state index < -0.39 is 0 Å². The summed E-state index contributed by atoms with van der Waals surface area (Å²) >= 11 is 0. The summed E-state index contributed by atoms with van der Waals surface area (Å²) in [5.41, 5.74) is 0. The van der Waals surface area contributed by atoms with Gasteiger partial charge in [0.1, 0.15) is 0 Å². The molecule has 2 atom stereocenters. The molecule has 2 heterocycles. The summed E-state index contributed by atoms with van der Waals surface area (Å²) in [6.45, 7) is 11.1. The summed E-state index contributed by atoms with van der Waals surface area (Å²) in [6, 6.07) is 1.07. The maximum atomic E-state index is 5.92. The van der Waals surface area contributed by atoms with Gasteiger partial charge in [-0.3, -0.25) is 9.89 Å². The normalized spacial score (nSPS) is 28.5. The summed E-state index contributed by atoms with van der Waals surface area (Å²) in [6.07, 6.45) is 2.87. The van der Waals surface area contributed by atoms with Crippen LogP contribution >= 0.6 is 0 Å². The topological polar surface area (TPSA) is 48.9 Å². The molecule has 2 saturated heterocycles. The van der Waals surface area contributed by atoms with E-state index in [2.05, 4.69) is 41.3 Å². The molecule has 0 radical (unpaired) electrons. The Morgan fingerprint density at radius 3 is 3.05 bits per heavy atom. The first-order valence-corrected chi connectivity index (χ1v) is 7.59.